The molecule has 0 radical (unpaired) electrons. The Kier molecular flexibility index (Phi) is 6.00. The van der Waals surface area contributed by atoms with Crippen molar-refractivity contribution in [2.45, 2.75) is 12.6 Å². The molecule has 0 spiro atoms. The van der Waals surface area contributed by atoms with Crippen LogP contribution < -0.4 is 5.32 Å². The van der Waals surface area contributed by atoms with Crippen LogP contribution in [0.2, 0.25) is 10.0 Å². The summed E-state index contributed by atoms with van der Waals surface area (Å²) in [6.07, 6.45) is 0. The second kappa shape index (κ2) is 7.98. The van der Waals surface area contributed by atoms with Crippen LogP contribution in [0.1, 0.15) is 27.5 Å². The van der Waals surface area contributed by atoms with Gasteiger partial charge in [0.15, 0.2) is 0 Å². The van der Waals surface area contributed by atoms with E-state index in [-0.39, 0.29) is 10.9 Å². The Morgan fingerprint density at radius 2 is 2.00 bits per heavy atom. The number of carbonyl (C=O) groups is 1. The topological polar surface area (TPSA) is 62.1 Å². The summed E-state index contributed by atoms with van der Waals surface area (Å²) in [6, 6.07) is 13.1. The Morgan fingerprint density at radius 1 is 1.26 bits per heavy atom. The van der Waals surface area contributed by atoms with Gasteiger partial charge in [0.25, 0.3) is 5.91 Å². The van der Waals surface area contributed by atoms with Crippen molar-refractivity contribution in [1.29, 1.82) is 5.26 Å². The van der Waals surface area contributed by atoms with Gasteiger partial charge >= 0.3 is 0 Å². The third kappa shape index (κ3) is 4.02. The maximum Gasteiger partial charge on any atom is 0.252 e. The Bertz CT molecular complexity index is 756. The van der Waals surface area contributed by atoms with E-state index in [1.165, 1.54) is 0 Å². The van der Waals surface area contributed by atoms with Gasteiger partial charge in [-0.25, -0.2) is 0 Å². The van der Waals surface area contributed by atoms with Crippen molar-refractivity contribution < 1.29 is 9.53 Å². The largest absolute Gasteiger partial charge is 0.380 e. The second-order valence-electron chi connectivity index (χ2n) is 4.77. The number of hydrogen-bond acceptors (Lipinski definition) is 3. The van der Waals surface area contributed by atoms with Gasteiger partial charge in [0.05, 0.1) is 22.7 Å². The number of carbonyl (C=O) groups excluding carboxylic acids is 1. The molecule has 1 N–H and O–H groups in total. The van der Waals surface area contributed by atoms with Gasteiger partial charge in [-0.3, -0.25) is 4.79 Å². The maximum absolute atomic E-state index is 12.5. The zero-order chi connectivity index (χ0) is 16.8. The normalized spacial score (nSPS) is 11.6. The third-order valence-corrected chi connectivity index (χ3v) is 4.09. The molecule has 23 heavy (non-hydrogen) atoms. The molecule has 6 heteroatoms. The van der Waals surface area contributed by atoms with Gasteiger partial charge < -0.3 is 10.1 Å². The SMILES string of the molecule is COCc1ccccc1C(=O)N[C@@H](C#N)c1cccc(Cl)c1Cl. The van der Waals surface area contributed by atoms with Gasteiger partial charge in [-0.05, 0) is 17.7 Å². The standard InChI is InChI=1S/C17H14Cl2N2O2/c1-23-10-11-5-2-3-6-12(11)17(22)21-15(9-20)13-7-4-8-14(18)16(13)19/h2-8,15H,10H2,1H3,(H,21,22)/t15-/m0/s1. The second-order valence-corrected chi connectivity index (χ2v) is 5.55. The molecule has 1 atom stereocenters. The fourth-order valence-electron chi connectivity index (χ4n) is 2.16. The first-order chi connectivity index (χ1) is 11.1. The van der Waals surface area contributed by atoms with Gasteiger partial charge in [-0.1, -0.05) is 53.5 Å². The van der Waals surface area contributed by atoms with Crippen LogP contribution in [0, 0.1) is 11.3 Å². The van der Waals surface area contributed by atoms with Crippen LogP contribution in [-0.4, -0.2) is 13.0 Å². The summed E-state index contributed by atoms with van der Waals surface area (Å²) in [5, 5.41) is 12.6. The molecule has 0 aromatic heterocycles. The molecule has 0 heterocycles. The van der Waals surface area contributed by atoms with Crippen molar-refractivity contribution >= 4 is 29.1 Å². The monoisotopic (exact) mass is 348 g/mol. The van der Waals surface area contributed by atoms with Crippen LogP contribution in [0.25, 0.3) is 0 Å². The van der Waals surface area contributed by atoms with Gasteiger partial charge in [-0.2, -0.15) is 5.26 Å². The number of amides is 1. The summed E-state index contributed by atoms with van der Waals surface area (Å²) in [4.78, 5) is 12.5. The predicted octanol–water partition coefficient (Wildman–Crippen LogP) is 4.13. The minimum atomic E-state index is -0.899. The Hall–Kier alpha value is -2.06. The smallest absolute Gasteiger partial charge is 0.252 e. The Morgan fingerprint density at radius 3 is 2.70 bits per heavy atom. The van der Waals surface area contributed by atoms with E-state index in [2.05, 4.69) is 5.32 Å². The third-order valence-electron chi connectivity index (χ3n) is 3.26. The highest BCUT2D eigenvalue weighted by molar-refractivity contribution is 6.42. The molecule has 1 amide bonds. The molecule has 2 rings (SSSR count). The quantitative estimate of drug-likeness (QED) is 0.883. The van der Waals surface area contributed by atoms with E-state index in [1.54, 1.807) is 43.5 Å². The minimum Gasteiger partial charge on any atom is -0.380 e. The number of nitrogens with zero attached hydrogens (tertiary/aromatic N) is 1. The van der Waals surface area contributed by atoms with Crippen molar-refractivity contribution in [1.82, 2.24) is 5.32 Å². The van der Waals surface area contributed by atoms with E-state index >= 15 is 0 Å². The number of benzene rings is 2. The molecule has 0 aliphatic heterocycles. The van der Waals surface area contributed by atoms with Crippen LogP contribution in [0.15, 0.2) is 42.5 Å². The molecular formula is C17H14Cl2N2O2. The lowest BCUT2D eigenvalue weighted by atomic mass is 10.0. The zero-order valence-electron chi connectivity index (χ0n) is 12.3. The Balaban J connectivity index is 2.28. The average Bonchev–Trinajstić information content (AvgIpc) is 2.56. The molecule has 2 aromatic rings. The number of nitriles is 1. The molecule has 2 aromatic carbocycles. The molecule has 4 nitrogen and oxygen atoms in total. The summed E-state index contributed by atoms with van der Waals surface area (Å²) in [7, 11) is 1.55. The first-order valence-corrected chi connectivity index (χ1v) is 7.55. The van der Waals surface area contributed by atoms with E-state index < -0.39 is 6.04 Å². The lowest BCUT2D eigenvalue weighted by Gasteiger charge is -2.15. The molecule has 0 fully saturated rings. The highest BCUT2D eigenvalue weighted by Gasteiger charge is 2.20. The molecule has 0 saturated carbocycles. The summed E-state index contributed by atoms with van der Waals surface area (Å²) in [5.41, 5.74) is 1.65. The number of nitrogens with one attached hydrogen (secondary N) is 1. The number of ether oxygens (including phenoxy) is 1. The molecule has 118 valence electrons. The van der Waals surface area contributed by atoms with Crippen molar-refractivity contribution in [2.24, 2.45) is 0 Å². The van der Waals surface area contributed by atoms with Crippen LogP contribution in [0.3, 0.4) is 0 Å². The Labute approximate surface area is 144 Å². The van der Waals surface area contributed by atoms with Crippen molar-refractivity contribution in [3.05, 3.63) is 69.2 Å². The zero-order valence-corrected chi connectivity index (χ0v) is 13.9. The number of halogens is 2. The van der Waals surface area contributed by atoms with Gasteiger partial charge in [0.1, 0.15) is 6.04 Å². The molecule has 0 aliphatic rings. The van der Waals surface area contributed by atoms with Gasteiger partial charge in [-0.15, -0.1) is 0 Å². The molecule has 0 saturated heterocycles. The van der Waals surface area contributed by atoms with Crippen molar-refractivity contribution in [2.75, 3.05) is 7.11 Å². The molecule has 0 aliphatic carbocycles. The number of hydrogen-bond donors (Lipinski definition) is 1. The predicted molar refractivity (Wildman–Crippen MR) is 89.4 cm³/mol. The summed E-state index contributed by atoms with van der Waals surface area (Å²) >= 11 is 12.1. The fraction of sp³-hybridized carbons (Fsp3) is 0.176. The average molecular weight is 349 g/mol. The maximum atomic E-state index is 12.5. The van der Waals surface area contributed by atoms with Gasteiger partial charge in [0.2, 0.25) is 0 Å². The van der Waals surface area contributed by atoms with Crippen LogP contribution in [0.5, 0.6) is 0 Å². The fourth-order valence-corrected chi connectivity index (χ4v) is 2.57. The van der Waals surface area contributed by atoms with E-state index in [1.807, 2.05) is 12.1 Å². The van der Waals surface area contributed by atoms with Crippen LogP contribution >= 0.6 is 23.2 Å². The van der Waals surface area contributed by atoms with E-state index in [0.29, 0.717) is 22.8 Å². The van der Waals surface area contributed by atoms with Crippen molar-refractivity contribution in [3.63, 3.8) is 0 Å². The number of methoxy groups -OCH3 is 1. The van der Waals surface area contributed by atoms with E-state index in [4.69, 9.17) is 27.9 Å². The minimum absolute atomic E-state index is 0.256. The first kappa shape index (κ1) is 17.3. The highest BCUT2D eigenvalue weighted by Crippen LogP contribution is 2.30. The van der Waals surface area contributed by atoms with Crippen LogP contribution in [-0.2, 0) is 11.3 Å². The molecule has 0 unspecified atom stereocenters. The van der Waals surface area contributed by atoms with E-state index in [0.717, 1.165) is 5.56 Å². The van der Waals surface area contributed by atoms with Gasteiger partial charge in [0, 0.05) is 18.2 Å². The summed E-state index contributed by atoms with van der Waals surface area (Å²) in [6.45, 7) is 0.304. The number of rotatable bonds is 5. The first-order valence-electron chi connectivity index (χ1n) is 6.79. The molecule has 0 bridgehead atoms. The molecular weight excluding hydrogens is 335 g/mol. The van der Waals surface area contributed by atoms with E-state index in [9.17, 15) is 10.1 Å². The van der Waals surface area contributed by atoms with Crippen LogP contribution in [0.4, 0.5) is 0 Å². The summed E-state index contributed by atoms with van der Waals surface area (Å²) < 4.78 is 5.09. The lowest BCUT2D eigenvalue weighted by molar-refractivity contribution is 0.0940. The van der Waals surface area contributed by atoms with Crippen molar-refractivity contribution in [3.8, 4) is 6.07 Å². The highest BCUT2D eigenvalue weighted by atomic mass is 35.5. The lowest BCUT2D eigenvalue weighted by Crippen LogP contribution is -2.28. The summed E-state index contributed by atoms with van der Waals surface area (Å²) in [5.74, 6) is -0.375.